The third-order valence-electron chi connectivity index (χ3n) is 3.81. The summed E-state index contributed by atoms with van der Waals surface area (Å²) in [6, 6.07) is 5.32. The van der Waals surface area contributed by atoms with Gasteiger partial charge in [-0.1, -0.05) is 0 Å². The predicted octanol–water partition coefficient (Wildman–Crippen LogP) is 3.00. The maximum Gasteiger partial charge on any atom is 0.311 e. The van der Waals surface area contributed by atoms with Gasteiger partial charge in [0, 0.05) is 16.6 Å². The average molecular weight is 374 g/mol. The first kappa shape index (κ1) is 17.9. The van der Waals surface area contributed by atoms with E-state index < -0.39 is 0 Å². The van der Waals surface area contributed by atoms with E-state index in [9.17, 15) is 9.59 Å². The van der Waals surface area contributed by atoms with E-state index in [0.29, 0.717) is 40.0 Å². The average Bonchev–Trinajstić information content (AvgIpc) is 3.17. The first-order valence-corrected chi connectivity index (χ1v) is 8.76. The second-order valence-electron chi connectivity index (χ2n) is 5.36. The normalized spacial score (nSPS) is 10.7. The molecule has 2 aromatic heterocycles. The van der Waals surface area contributed by atoms with E-state index in [-0.39, 0.29) is 12.4 Å². The van der Waals surface area contributed by atoms with Gasteiger partial charge < -0.3 is 14.2 Å². The number of methoxy groups -OCH3 is 2. The molecule has 26 heavy (non-hydrogen) atoms. The predicted molar refractivity (Wildman–Crippen MR) is 97.3 cm³/mol. The molecule has 0 amide bonds. The summed E-state index contributed by atoms with van der Waals surface area (Å²) >= 11 is 1.34. The highest BCUT2D eigenvalue weighted by Gasteiger charge is 2.20. The van der Waals surface area contributed by atoms with Crippen molar-refractivity contribution in [2.24, 2.45) is 0 Å². The third kappa shape index (κ3) is 3.28. The van der Waals surface area contributed by atoms with E-state index in [2.05, 4.69) is 4.98 Å². The summed E-state index contributed by atoms with van der Waals surface area (Å²) in [4.78, 5) is 29.4. The number of fused-ring (bicyclic) bond motifs is 1. The van der Waals surface area contributed by atoms with Crippen LogP contribution in [-0.4, -0.2) is 42.5 Å². The van der Waals surface area contributed by atoms with Crippen molar-refractivity contribution in [3.8, 4) is 22.8 Å². The lowest BCUT2D eigenvalue weighted by molar-refractivity contribution is -0.142. The van der Waals surface area contributed by atoms with E-state index >= 15 is 0 Å². The minimum absolute atomic E-state index is 0.151. The highest BCUT2D eigenvalue weighted by Crippen LogP contribution is 2.36. The lowest BCUT2D eigenvalue weighted by Crippen LogP contribution is -2.06. The Morgan fingerprint density at radius 2 is 2.12 bits per heavy atom. The van der Waals surface area contributed by atoms with Crippen LogP contribution in [0.5, 0.6) is 11.5 Å². The molecule has 3 rings (SSSR count). The number of carbonyl (C=O) groups excluding carboxylic acids is 2. The Labute approximate surface area is 154 Å². The number of nitrogens with zero attached hydrogens (tertiary/aromatic N) is 2. The molecule has 0 radical (unpaired) electrons. The van der Waals surface area contributed by atoms with Crippen LogP contribution >= 0.6 is 11.3 Å². The molecule has 3 aromatic rings. The van der Waals surface area contributed by atoms with Crippen molar-refractivity contribution in [1.82, 2.24) is 9.38 Å². The fraction of sp³-hybridized carbons (Fsp3) is 0.278. The number of esters is 1. The zero-order valence-electron chi connectivity index (χ0n) is 14.6. The fourth-order valence-corrected chi connectivity index (χ4v) is 3.62. The summed E-state index contributed by atoms with van der Waals surface area (Å²) in [5, 5.41) is 0. The van der Waals surface area contributed by atoms with E-state index in [1.165, 1.54) is 11.3 Å². The monoisotopic (exact) mass is 374 g/mol. The van der Waals surface area contributed by atoms with Crippen LogP contribution in [0.15, 0.2) is 24.4 Å². The van der Waals surface area contributed by atoms with Gasteiger partial charge in [-0.2, -0.15) is 0 Å². The molecule has 0 fully saturated rings. The number of aromatic nitrogens is 2. The Hall–Kier alpha value is -2.87. The summed E-state index contributed by atoms with van der Waals surface area (Å²) in [5.74, 6) is 0.919. The standard InChI is InChI=1S/C18H18N2O5S/c1-4-25-16(22)8-12-9-20-14(10-21)17(19-18(20)26-12)13-7-11(23-2)5-6-15(13)24-3/h5-7,9-10H,4,8H2,1-3H3. The second-order valence-corrected chi connectivity index (χ2v) is 6.46. The van der Waals surface area contributed by atoms with Crippen molar-refractivity contribution in [2.45, 2.75) is 13.3 Å². The van der Waals surface area contributed by atoms with E-state index in [1.54, 1.807) is 49.9 Å². The Balaban J connectivity index is 2.07. The molecular formula is C18H18N2O5S. The Kier molecular flexibility index (Phi) is 5.22. The van der Waals surface area contributed by atoms with Crippen LogP contribution in [0, 0.1) is 0 Å². The number of hydrogen-bond donors (Lipinski definition) is 0. The lowest BCUT2D eigenvalue weighted by Gasteiger charge is -2.09. The minimum Gasteiger partial charge on any atom is -0.497 e. The number of aldehydes is 1. The van der Waals surface area contributed by atoms with E-state index in [1.807, 2.05) is 0 Å². The first-order chi connectivity index (χ1) is 12.6. The van der Waals surface area contributed by atoms with Gasteiger partial charge in [0.1, 0.15) is 22.9 Å². The number of rotatable bonds is 7. The van der Waals surface area contributed by atoms with Crippen molar-refractivity contribution in [3.63, 3.8) is 0 Å². The zero-order valence-corrected chi connectivity index (χ0v) is 15.5. The fourth-order valence-electron chi connectivity index (χ4n) is 2.65. The third-order valence-corrected chi connectivity index (χ3v) is 4.79. The molecule has 0 N–H and O–H groups in total. The van der Waals surface area contributed by atoms with Crippen LogP contribution in [0.4, 0.5) is 0 Å². The quantitative estimate of drug-likeness (QED) is 0.467. The molecule has 0 aliphatic heterocycles. The van der Waals surface area contributed by atoms with Crippen molar-refractivity contribution < 1.29 is 23.8 Å². The van der Waals surface area contributed by atoms with Crippen LogP contribution in [0.2, 0.25) is 0 Å². The van der Waals surface area contributed by atoms with Crippen molar-refractivity contribution >= 4 is 28.6 Å². The van der Waals surface area contributed by atoms with E-state index in [4.69, 9.17) is 14.2 Å². The van der Waals surface area contributed by atoms with Gasteiger partial charge in [0.15, 0.2) is 11.2 Å². The molecule has 0 atom stereocenters. The summed E-state index contributed by atoms with van der Waals surface area (Å²) in [6.07, 6.45) is 2.64. The summed E-state index contributed by atoms with van der Waals surface area (Å²) in [5.41, 5.74) is 1.55. The van der Waals surface area contributed by atoms with Gasteiger partial charge in [-0.05, 0) is 25.1 Å². The van der Waals surface area contributed by atoms with Gasteiger partial charge in [0.2, 0.25) is 0 Å². The highest BCUT2D eigenvalue weighted by atomic mass is 32.1. The Morgan fingerprint density at radius 3 is 2.77 bits per heavy atom. The first-order valence-electron chi connectivity index (χ1n) is 7.95. The number of thiazole rings is 1. The van der Waals surface area contributed by atoms with Crippen molar-refractivity contribution in [1.29, 1.82) is 0 Å². The molecule has 0 saturated heterocycles. The second kappa shape index (κ2) is 7.57. The van der Waals surface area contributed by atoms with Gasteiger partial charge in [0.05, 0.1) is 27.2 Å². The lowest BCUT2D eigenvalue weighted by atomic mass is 10.1. The molecule has 2 heterocycles. The molecule has 7 nitrogen and oxygen atoms in total. The van der Waals surface area contributed by atoms with Crippen LogP contribution in [0.3, 0.4) is 0 Å². The zero-order chi connectivity index (χ0) is 18.7. The van der Waals surface area contributed by atoms with Crippen molar-refractivity contribution in [3.05, 3.63) is 35.0 Å². The number of imidazole rings is 1. The minimum atomic E-state index is -0.306. The molecule has 0 aliphatic rings. The summed E-state index contributed by atoms with van der Waals surface area (Å²) < 4.78 is 17.3. The van der Waals surface area contributed by atoms with Gasteiger partial charge in [-0.3, -0.25) is 14.0 Å². The van der Waals surface area contributed by atoms with Crippen LogP contribution in [0.1, 0.15) is 22.3 Å². The number of carbonyl (C=O) groups is 2. The SMILES string of the molecule is CCOC(=O)Cc1cn2c(C=O)c(-c3cc(OC)ccc3OC)nc2s1. The van der Waals surface area contributed by atoms with Crippen LogP contribution in [0.25, 0.3) is 16.2 Å². The van der Waals surface area contributed by atoms with Crippen molar-refractivity contribution in [2.75, 3.05) is 20.8 Å². The molecule has 0 saturated carbocycles. The summed E-state index contributed by atoms with van der Waals surface area (Å²) in [7, 11) is 3.13. The number of ether oxygens (including phenoxy) is 3. The smallest absolute Gasteiger partial charge is 0.311 e. The molecular weight excluding hydrogens is 356 g/mol. The topological polar surface area (TPSA) is 79.1 Å². The number of hydrogen-bond acceptors (Lipinski definition) is 7. The molecule has 0 aliphatic carbocycles. The van der Waals surface area contributed by atoms with Crippen LogP contribution in [-0.2, 0) is 16.0 Å². The molecule has 0 unspecified atom stereocenters. The van der Waals surface area contributed by atoms with Gasteiger partial charge >= 0.3 is 5.97 Å². The van der Waals surface area contributed by atoms with Gasteiger partial charge in [0.25, 0.3) is 0 Å². The largest absolute Gasteiger partial charge is 0.497 e. The van der Waals surface area contributed by atoms with E-state index in [0.717, 1.165) is 11.2 Å². The molecule has 8 heteroatoms. The Bertz CT molecular complexity index is 960. The van der Waals surface area contributed by atoms with Gasteiger partial charge in [-0.15, -0.1) is 11.3 Å². The maximum atomic E-state index is 11.7. The van der Waals surface area contributed by atoms with Gasteiger partial charge in [-0.25, -0.2) is 4.98 Å². The molecule has 1 aromatic carbocycles. The highest BCUT2D eigenvalue weighted by molar-refractivity contribution is 7.17. The Morgan fingerprint density at radius 1 is 1.31 bits per heavy atom. The molecule has 136 valence electrons. The van der Waals surface area contributed by atoms with Crippen LogP contribution < -0.4 is 9.47 Å². The summed E-state index contributed by atoms with van der Waals surface area (Å²) in [6.45, 7) is 2.10. The number of benzene rings is 1. The maximum absolute atomic E-state index is 11.7. The molecule has 0 spiro atoms. The molecule has 0 bridgehead atoms.